The molecule has 2 aromatic heterocycles. The summed E-state index contributed by atoms with van der Waals surface area (Å²) in [5.74, 6) is 0.440. The molecule has 206 valence electrons. The van der Waals surface area contributed by atoms with E-state index >= 15 is 0 Å². The van der Waals surface area contributed by atoms with Gasteiger partial charge in [0.1, 0.15) is 11.2 Å². The van der Waals surface area contributed by atoms with E-state index < -0.39 is 0 Å². The fourth-order valence-corrected chi connectivity index (χ4v) is 7.56. The number of hydrogen-bond acceptors (Lipinski definition) is 2. The van der Waals surface area contributed by atoms with Crippen LogP contribution >= 0.6 is 0 Å². The molecule has 2 nitrogen and oxygen atoms in total. The molecule has 0 saturated carbocycles. The number of benzene rings is 3. The Kier molecular flexibility index (Phi) is 6.07. The molecule has 2 heterocycles. The van der Waals surface area contributed by atoms with Gasteiger partial charge < -0.3 is 4.42 Å². The van der Waals surface area contributed by atoms with Crippen molar-refractivity contribution < 1.29 is 4.42 Å². The summed E-state index contributed by atoms with van der Waals surface area (Å²) in [6, 6.07) is 22.6. The first kappa shape index (κ1) is 26.8. The molecule has 2 heteroatoms. The van der Waals surface area contributed by atoms with E-state index in [-0.39, 0.29) is 16.2 Å². The molecule has 0 aliphatic heterocycles. The fraction of sp³-hybridized carbons (Fsp3) is 0.395. The summed E-state index contributed by atoms with van der Waals surface area (Å²) < 4.78 is 6.98. The minimum atomic E-state index is -0.0664. The van der Waals surface area contributed by atoms with Crippen molar-refractivity contribution in [3.8, 4) is 22.4 Å². The van der Waals surface area contributed by atoms with Crippen LogP contribution in [0.2, 0.25) is 0 Å². The minimum Gasteiger partial charge on any atom is -0.455 e. The third-order valence-corrected chi connectivity index (χ3v) is 8.60. The van der Waals surface area contributed by atoms with Gasteiger partial charge in [-0.15, -0.1) is 0 Å². The molecular formula is C38H43NO. The monoisotopic (exact) mass is 529 g/mol. The van der Waals surface area contributed by atoms with Crippen LogP contribution in [0.25, 0.3) is 44.3 Å². The number of para-hydroxylation sites is 1. The van der Waals surface area contributed by atoms with Gasteiger partial charge in [0, 0.05) is 33.5 Å². The summed E-state index contributed by atoms with van der Waals surface area (Å²) in [5, 5.41) is 2.34. The van der Waals surface area contributed by atoms with Gasteiger partial charge in [-0.05, 0) is 76.5 Å². The van der Waals surface area contributed by atoms with Gasteiger partial charge >= 0.3 is 0 Å². The number of furan rings is 1. The quantitative estimate of drug-likeness (QED) is 0.231. The molecule has 3 aromatic carbocycles. The Hall–Kier alpha value is -3.39. The lowest BCUT2D eigenvalue weighted by atomic mass is 9.62. The number of rotatable bonds is 4. The Morgan fingerprint density at radius 3 is 2.08 bits per heavy atom. The molecule has 5 aromatic rings. The van der Waals surface area contributed by atoms with E-state index in [0.29, 0.717) is 5.92 Å². The molecule has 0 bridgehead atoms. The van der Waals surface area contributed by atoms with Crippen molar-refractivity contribution >= 4 is 21.9 Å². The van der Waals surface area contributed by atoms with Crippen molar-refractivity contribution in [2.24, 2.45) is 10.8 Å². The second-order valence-corrected chi connectivity index (χ2v) is 14.8. The highest BCUT2D eigenvalue weighted by Crippen LogP contribution is 2.60. The average molecular weight is 530 g/mol. The Morgan fingerprint density at radius 1 is 0.750 bits per heavy atom. The largest absolute Gasteiger partial charge is 0.455 e. The summed E-state index contributed by atoms with van der Waals surface area (Å²) in [7, 11) is 0. The second-order valence-electron chi connectivity index (χ2n) is 14.8. The third kappa shape index (κ3) is 4.28. The molecule has 6 rings (SSSR count). The highest BCUT2D eigenvalue weighted by Gasteiger charge is 2.48. The van der Waals surface area contributed by atoms with Crippen molar-refractivity contribution in [2.75, 3.05) is 0 Å². The van der Waals surface area contributed by atoms with Crippen LogP contribution in [0, 0.1) is 17.8 Å². The van der Waals surface area contributed by atoms with Crippen molar-refractivity contribution in [3.05, 3.63) is 89.1 Å². The molecule has 1 aliphatic carbocycles. The molecule has 40 heavy (non-hydrogen) atoms. The van der Waals surface area contributed by atoms with Crippen molar-refractivity contribution in [1.82, 2.24) is 4.98 Å². The summed E-state index contributed by atoms with van der Waals surface area (Å²) in [4.78, 5) is 4.86. The summed E-state index contributed by atoms with van der Waals surface area (Å²) in [6.07, 6.45) is 4.18. The zero-order valence-corrected chi connectivity index (χ0v) is 25.7. The SMILES string of the molecule is Cc1cnc(-c2cccc3c2oc2c4c(ccc23)C(CC(C)(C)C)(CC(C)(C)C)c2ccccc2-4)cc1C(C)C. The second kappa shape index (κ2) is 9.06. The summed E-state index contributed by atoms with van der Waals surface area (Å²) in [5.41, 5.74) is 12.3. The molecule has 0 unspecified atom stereocenters. The first-order valence-corrected chi connectivity index (χ1v) is 14.8. The zero-order valence-electron chi connectivity index (χ0n) is 25.7. The van der Waals surface area contributed by atoms with Gasteiger partial charge in [-0.1, -0.05) is 104 Å². The van der Waals surface area contributed by atoms with E-state index in [1.54, 1.807) is 0 Å². The number of aryl methyl sites for hydroxylation is 1. The first-order chi connectivity index (χ1) is 18.8. The van der Waals surface area contributed by atoms with Gasteiger partial charge in [-0.3, -0.25) is 4.98 Å². The van der Waals surface area contributed by atoms with Gasteiger partial charge in [-0.25, -0.2) is 0 Å². The molecule has 0 radical (unpaired) electrons. The highest BCUT2D eigenvalue weighted by molar-refractivity contribution is 6.14. The smallest absolute Gasteiger partial charge is 0.144 e. The Bertz CT molecular complexity index is 1740. The van der Waals surface area contributed by atoms with Gasteiger partial charge in [0.25, 0.3) is 0 Å². The van der Waals surface area contributed by atoms with Crippen LogP contribution in [0.1, 0.15) is 96.4 Å². The van der Waals surface area contributed by atoms with E-state index in [9.17, 15) is 0 Å². The number of fused-ring (bicyclic) bond motifs is 7. The van der Waals surface area contributed by atoms with Gasteiger partial charge in [0.15, 0.2) is 0 Å². The predicted molar refractivity (Wildman–Crippen MR) is 170 cm³/mol. The lowest BCUT2D eigenvalue weighted by molar-refractivity contribution is 0.214. The summed E-state index contributed by atoms with van der Waals surface area (Å²) in [6.45, 7) is 20.9. The molecule has 0 saturated heterocycles. The van der Waals surface area contributed by atoms with Crippen LogP contribution in [-0.4, -0.2) is 4.98 Å². The maximum Gasteiger partial charge on any atom is 0.144 e. The maximum absolute atomic E-state index is 6.98. The van der Waals surface area contributed by atoms with Gasteiger partial charge in [0.2, 0.25) is 0 Å². The van der Waals surface area contributed by atoms with E-state index in [2.05, 4.69) is 123 Å². The van der Waals surface area contributed by atoms with E-state index in [1.165, 1.54) is 38.8 Å². The number of nitrogens with zero attached hydrogens (tertiary/aromatic N) is 1. The van der Waals surface area contributed by atoms with E-state index in [0.717, 1.165) is 40.7 Å². The van der Waals surface area contributed by atoms with Crippen LogP contribution < -0.4 is 0 Å². The maximum atomic E-state index is 6.98. The Labute approximate surface area is 239 Å². The third-order valence-electron chi connectivity index (χ3n) is 8.60. The van der Waals surface area contributed by atoms with Crippen LogP contribution in [0.3, 0.4) is 0 Å². The van der Waals surface area contributed by atoms with Gasteiger partial charge in [-0.2, -0.15) is 0 Å². The number of aromatic nitrogens is 1. The Balaban J connectivity index is 1.66. The summed E-state index contributed by atoms with van der Waals surface area (Å²) >= 11 is 0. The molecule has 0 amide bonds. The topological polar surface area (TPSA) is 26.0 Å². The molecule has 1 aliphatic rings. The van der Waals surface area contributed by atoms with Crippen LogP contribution in [0.5, 0.6) is 0 Å². The fourth-order valence-electron chi connectivity index (χ4n) is 7.56. The standard InChI is InChI=1S/C38H43NO/c1-23(2)29-19-32(39-20-24(29)3)28-15-12-14-25-26-17-18-31-33(35(26)40-34(25)28)27-13-10-11-16-30(27)38(31,21-36(4,5)6)22-37(7,8)9/h10-20,23H,21-22H2,1-9H3. The molecule has 0 fully saturated rings. The van der Waals surface area contributed by atoms with Crippen LogP contribution in [-0.2, 0) is 5.41 Å². The Morgan fingerprint density at radius 2 is 1.40 bits per heavy atom. The lowest BCUT2D eigenvalue weighted by Gasteiger charge is -2.42. The van der Waals surface area contributed by atoms with Crippen molar-refractivity contribution in [1.29, 1.82) is 0 Å². The van der Waals surface area contributed by atoms with E-state index in [1.807, 2.05) is 6.20 Å². The van der Waals surface area contributed by atoms with E-state index in [4.69, 9.17) is 9.40 Å². The first-order valence-electron chi connectivity index (χ1n) is 14.8. The highest BCUT2D eigenvalue weighted by atomic mass is 16.3. The van der Waals surface area contributed by atoms with Crippen LogP contribution in [0.15, 0.2) is 71.3 Å². The van der Waals surface area contributed by atoms with Crippen molar-refractivity contribution in [2.45, 2.75) is 86.5 Å². The predicted octanol–water partition coefficient (Wildman–Crippen LogP) is 11.2. The zero-order chi connectivity index (χ0) is 28.6. The average Bonchev–Trinajstić information content (AvgIpc) is 3.36. The molecular weight excluding hydrogens is 486 g/mol. The minimum absolute atomic E-state index is 0.0664. The van der Waals surface area contributed by atoms with Gasteiger partial charge in [0.05, 0.1) is 5.69 Å². The normalized spacial score (nSPS) is 14.8. The molecule has 0 spiro atoms. The number of pyridine rings is 1. The van der Waals surface area contributed by atoms with Crippen LogP contribution in [0.4, 0.5) is 0 Å². The van der Waals surface area contributed by atoms with Crippen molar-refractivity contribution in [3.63, 3.8) is 0 Å². The lowest BCUT2D eigenvalue weighted by Crippen LogP contribution is -2.35. The number of hydrogen-bond donors (Lipinski definition) is 0. The molecule has 0 atom stereocenters. The molecule has 0 N–H and O–H groups in total.